The zero-order valence-electron chi connectivity index (χ0n) is 11.3. The van der Waals surface area contributed by atoms with E-state index in [1.807, 2.05) is 0 Å². The van der Waals surface area contributed by atoms with E-state index in [0.29, 0.717) is 0 Å². The Hall–Kier alpha value is 0.700. The van der Waals surface area contributed by atoms with Gasteiger partial charge >= 0.3 is 0 Å². The summed E-state index contributed by atoms with van der Waals surface area (Å²) in [5.74, 6) is 2.73. The van der Waals surface area contributed by atoms with Crippen LogP contribution in [0, 0.1) is 0 Å². The van der Waals surface area contributed by atoms with Crippen molar-refractivity contribution >= 4 is 21.6 Å². The van der Waals surface area contributed by atoms with E-state index in [2.05, 4.69) is 35.4 Å². The highest BCUT2D eigenvalue weighted by molar-refractivity contribution is 8.76. The predicted molar refractivity (Wildman–Crippen MR) is 82.4 cm³/mol. The van der Waals surface area contributed by atoms with Crippen LogP contribution in [-0.2, 0) is 0 Å². The van der Waals surface area contributed by atoms with Crippen LogP contribution in [-0.4, -0.2) is 11.5 Å². The van der Waals surface area contributed by atoms with Crippen LogP contribution >= 0.6 is 21.6 Å². The maximum absolute atomic E-state index is 2.28. The quantitative estimate of drug-likeness (QED) is 0.282. The zero-order valence-corrected chi connectivity index (χ0v) is 12.9. The fraction of sp³-hybridized carbons (Fsp3) is 1.00. The molecule has 0 rings (SSSR count). The molecule has 0 amide bonds. The number of rotatable bonds is 13. The number of hydrogen-bond donors (Lipinski definition) is 0. The van der Waals surface area contributed by atoms with Crippen LogP contribution in [0.25, 0.3) is 0 Å². The molecule has 0 N–H and O–H groups in total. The lowest BCUT2D eigenvalue weighted by atomic mass is 10.2. The third-order valence-corrected chi connectivity index (χ3v) is 5.32. The molecule has 0 heterocycles. The second-order valence-corrected chi connectivity index (χ2v) is 7.17. The van der Waals surface area contributed by atoms with E-state index < -0.39 is 0 Å². The SMILES string of the molecule is CCCCCCCSSCCCCCCC. The van der Waals surface area contributed by atoms with Crippen molar-refractivity contribution in [2.24, 2.45) is 0 Å². The Bertz CT molecular complexity index is 101. The molecule has 0 nitrogen and oxygen atoms in total. The van der Waals surface area contributed by atoms with Crippen LogP contribution in [0.15, 0.2) is 0 Å². The van der Waals surface area contributed by atoms with Gasteiger partial charge in [0.15, 0.2) is 0 Å². The molecule has 0 aromatic heterocycles. The molecular formula is C14H30S2. The number of unbranched alkanes of at least 4 members (excludes halogenated alkanes) is 8. The first-order chi connectivity index (χ1) is 7.91. The van der Waals surface area contributed by atoms with Crippen LogP contribution in [0.5, 0.6) is 0 Å². The van der Waals surface area contributed by atoms with Crippen LogP contribution in [0.1, 0.15) is 78.1 Å². The highest BCUT2D eigenvalue weighted by atomic mass is 33.1. The van der Waals surface area contributed by atoms with Gasteiger partial charge in [-0.1, -0.05) is 86.8 Å². The van der Waals surface area contributed by atoms with E-state index in [-0.39, 0.29) is 0 Å². The molecule has 0 fully saturated rings. The first-order valence-corrected chi connectivity index (χ1v) is 9.65. The first kappa shape index (κ1) is 16.7. The fourth-order valence-corrected chi connectivity index (χ4v) is 3.94. The topological polar surface area (TPSA) is 0 Å². The highest BCUT2D eigenvalue weighted by Crippen LogP contribution is 2.24. The molecule has 0 atom stereocenters. The summed E-state index contributed by atoms with van der Waals surface area (Å²) in [7, 11) is 4.18. The van der Waals surface area contributed by atoms with Gasteiger partial charge in [-0.05, 0) is 12.8 Å². The molecular weight excluding hydrogens is 232 g/mol. The van der Waals surface area contributed by atoms with E-state index in [1.54, 1.807) is 0 Å². The third-order valence-electron chi connectivity index (χ3n) is 2.75. The molecule has 0 aromatic carbocycles. The Morgan fingerprint density at radius 2 is 0.875 bits per heavy atom. The van der Waals surface area contributed by atoms with Gasteiger partial charge in [0.2, 0.25) is 0 Å². The molecule has 0 saturated heterocycles. The van der Waals surface area contributed by atoms with Crippen LogP contribution in [0.3, 0.4) is 0 Å². The average molecular weight is 263 g/mol. The smallest absolute Gasteiger partial charge is 0.00369 e. The van der Waals surface area contributed by atoms with Gasteiger partial charge in [-0.3, -0.25) is 0 Å². The molecule has 0 saturated carbocycles. The van der Waals surface area contributed by atoms with Crippen molar-refractivity contribution in [1.82, 2.24) is 0 Å². The summed E-state index contributed by atoms with van der Waals surface area (Å²) in [5, 5.41) is 0. The van der Waals surface area contributed by atoms with Crippen molar-refractivity contribution in [2.75, 3.05) is 11.5 Å². The zero-order chi connectivity index (χ0) is 11.9. The van der Waals surface area contributed by atoms with Gasteiger partial charge in [0.1, 0.15) is 0 Å². The maximum Gasteiger partial charge on any atom is 0.00369 e. The molecule has 0 unspecified atom stereocenters. The van der Waals surface area contributed by atoms with Crippen LogP contribution in [0.2, 0.25) is 0 Å². The molecule has 0 aliphatic heterocycles. The first-order valence-electron chi connectivity index (χ1n) is 7.16. The minimum Gasteiger partial charge on any atom is -0.0942 e. The van der Waals surface area contributed by atoms with E-state index in [4.69, 9.17) is 0 Å². The second kappa shape index (κ2) is 15.7. The van der Waals surface area contributed by atoms with Crippen molar-refractivity contribution in [2.45, 2.75) is 78.1 Å². The molecule has 98 valence electrons. The van der Waals surface area contributed by atoms with E-state index >= 15 is 0 Å². The van der Waals surface area contributed by atoms with Crippen molar-refractivity contribution in [1.29, 1.82) is 0 Å². The largest absolute Gasteiger partial charge is 0.0942 e. The summed E-state index contributed by atoms with van der Waals surface area (Å²) in [5.41, 5.74) is 0. The van der Waals surface area contributed by atoms with Gasteiger partial charge in [0.25, 0.3) is 0 Å². The van der Waals surface area contributed by atoms with Gasteiger partial charge in [0.05, 0.1) is 0 Å². The molecule has 0 aromatic rings. The van der Waals surface area contributed by atoms with E-state index in [0.717, 1.165) is 0 Å². The normalized spacial score (nSPS) is 10.9. The molecule has 0 aliphatic rings. The van der Waals surface area contributed by atoms with Crippen molar-refractivity contribution in [3.8, 4) is 0 Å². The van der Waals surface area contributed by atoms with Gasteiger partial charge in [0, 0.05) is 11.5 Å². The summed E-state index contributed by atoms with van der Waals surface area (Å²) in [4.78, 5) is 0. The summed E-state index contributed by atoms with van der Waals surface area (Å²) < 4.78 is 0. The lowest BCUT2D eigenvalue weighted by Gasteiger charge is -2.01. The van der Waals surface area contributed by atoms with Crippen molar-refractivity contribution < 1.29 is 0 Å². The standard InChI is InChI=1S/C14H30S2/c1-3-5-7-9-11-13-15-16-14-12-10-8-6-4-2/h3-14H2,1-2H3. The molecule has 0 spiro atoms. The van der Waals surface area contributed by atoms with E-state index in [1.165, 1.54) is 75.7 Å². The van der Waals surface area contributed by atoms with Crippen LogP contribution in [0.4, 0.5) is 0 Å². The summed E-state index contributed by atoms with van der Waals surface area (Å²) in [6.07, 6.45) is 14.2. The predicted octanol–water partition coefficient (Wildman–Crippen LogP) is 6.31. The minimum absolute atomic E-state index is 1.36. The molecule has 2 heteroatoms. The Morgan fingerprint density at radius 3 is 1.25 bits per heavy atom. The Morgan fingerprint density at radius 1 is 0.500 bits per heavy atom. The summed E-state index contributed by atoms with van der Waals surface area (Å²) in [6, 6.07) is 0. The lowest BCUT2D eigenvalue weighted by Crippen LogP contribution is -1.82. The monoisotopic (exact) mass is 262 g/mol. The molecule has 0 aliphatic carbocycles. The molecule has 0 bridgehead atoms. The summed E-state index contributed by atoms with van der Waals surface area (Å²) in [6.45, 7) is 4.56. The maximum atomic E-state index is 2.28. The number of hydrogen-bond acceptors (Lipinski definition) is 2. The Balaban J connectivity index is 2.83. The highest BCUT2D eigenvalue weighted by Gasteiger charge is 1.93. The van der Waals surface area contributed by atoms with Crippen molar-refractivity contribution in [3.05, 3.63) is 0 Å². The van der Waals surface area contributed by atoms with Gasteiger partial charge in [-0.15, -0.1) is 0 Å². The minimum atomic E-state index is 1.36. The van der Waals surface area contributed by atoms with Gasteiger partial charge < -0.3 is 0 Å². The summed E-state index contributed by atoms with van der Waals surface area (Å²) >= 11 is 0. The van der Waals surface area contributed by atoms with E-state index in [9.17, 15) is 0 Å². The second-order valence-electron chi connectivity index (χ2n) is 4.47. The Kier molecular flexibility index (Phi) is 16.4. The average Bonchev–Trinajstić information content (AvgIpc) is 2.31. The molecule has 16 heavy (non-hydrogen) atoms. The fourth-order valence-electron chi connectivity index (χ4n) is 1.65. The van der Waals surface area contributed by atoms with Gasteiger partial charge in [-0.2, -0.15) is 0 Å². The van der Waals surface area contributed by atoms with Crippen LogP contribution < -0.4 is 0 Å². The lowest BCUT2D eigenvalue weighted by molar-refractivity contribution is 0.659. The Labute approximate surface area is 111 Å². The third kappa shape index (κ3) is 14.7. The molecule has 0 radical (unpaired) electrons. The van der Waals surface area contributed by atoms with Crippen molar-refractivity contribution in [3.63, 3.8) is 0 Å². The van der Waals surface area contributed by atoms with Gasteiger partial charge in [-0.25, -0.2) is 0 Å².